The van der Waals surface area contributed by atoms with Gasteiger partial charge in [0, 0.05) is 11.8 Å². The van der Waals surface area contributed by atoms with E-state index in [9.17, 15) is 14.9 Å². The number of nitrogens with one attached hydrogen (secondary N) is 1. The number of fused-ring (bicyclic) bond motifs is 1. The van der Waals surface area contributed by atoms with E-state index in [0.29, 0.717) is 5.69 Å². The number of nitrogens with zero attached hydrogens (tertiary/aromatic N) is 3. The van der Waals surface area contributed by atoms with Gasteiger partial charge in [-0.25, -0.2) is 4.98 Å². The molecule has 1 aliphatic heterocycles. The van der Waals surface area contributed by atoms with Gasteiger partial charge in [0.2, 0.25) is 5.91 Å². The summed E-state index contributed by atoms with van der Waals surface area (Å²) in [6.45, 7) is 1.02. The third kappa shape index (κ3) is 3.84. The fourth-order valence-electron chi connectivity index (χ4n) is 3.44. The lowest BCUT2D eigenvalue weighted by atomic mass is 10.2. The molecule has 9 heteroatoms. The molecule has 2 heterocycles. The van der Waals surface area contributed by atoms with Crippen LogP contribution in [0.4, 0.5) is 11.4 Å². The zero-order valence-electron chi connectivity index (χ0n) is 14.8. The topological polar surface area (TPSA) is 88.4 Å². The number of halogens is 1. The third-order valence-corrected chi connectivity index (χ3v) is 6.19. The molecule has 0 bridgehead atoms. The Kier molecular flexibility index (Phi) is 5.25. The number of aromatic nitrogens is 1. The molecule has 0 saturated carbocycles. The number of amides is 1. The zero-order chi connectivity index (χ0) is 19.7. The lowest BCUT2D eigenvalue weighted by molar-refractivity contribution is -0.384. The molecule has 1 saturated heterocycles. The minimum Gasteiger partial charge on any atom is -0.325 e. The van der Waals surface area contributed by atoms with Crippen molar-refractivity contribution in [1.29, 1.82) is 0 Å². The fraction of sp³-hybridized carbons (Fsp3) is 0.263. The van der Waals surface area contributed by atoms with Crippen LogP contribution in [0.1, 0.15) is 23.9 Å². The van der Waals surface area contributed by atoms with Crippen LogP contribution in [0.2, 0.25) is 5.02 Å². The Bertz CT molecular complexity index is 1020. The van der Waals surface area contributed by atoms with Crippen molar-refractivity contribution in [3.05, 3.63) is 62.6 Å². The Balaban J connectivity index is 1.46. The van der Waals surface area contributed by atoms with Crippen molar-refractivity contribution in [2.75, 3.05) is 18.4 Å². The molecule has 1 fully saturated rings. The number of likely N-dealkylation sites (tertiary alicyclic amines) is 1. The largest absolute Gasteiger partial charge is 0.325 e. The van der Waals surface area contributed by atoms with Gasteiger partial charge in [0.15, 0.2) is 0 Å². The number of rotatable bonds is 5. The minimum absolute atomic E-state index is 0.0402. The highest BCUT2D eigenvalue weighted by atomic mass is 35.5. The van der Waals surface area contributed by atoms with Gasteiger partial charge in [0.25, 0.3) is 5.69 Å². The smallest absolute Gasteiger partial charge is 0.289 e. The summed E-state index contributed by atoms with van der Waals surface area (Å²) in [6.07, 6.45) is 1.96. The van der Waals surface area contributed by atoms with Crippen LogP contribution in [0.3, 0.4) is 0 Å². The van der Waals surface area contributed by atoms with Crippen LogP contribution >= 0.6 is 22.9 Å². The summed E-state index contributed by atoms with van der Waals surface area (Å²) < 4.78 is 1.14. The van der Waals surface area contributed by atoms with Gasteiger partial charge < -0.3 is 5.32 Å². The average molecular weight is 417 g/mol. The minimum atomic E-state index is -0.568. The van der Waals surface area contributed by atoms with E-state index < -0.39 is 4.92 Å². The first-order valence-electron chi connectivity index (χ1n) is 8.84. The monoisotopic (exact) mass is 416 g/mol. The first kappa shape index (κ1) is 18.8. The lowest BCUT2D eigenvalue weighted by Crippen LogP contribution is -2.32. The second-order valence-electron chi connectivity index (χ2n) is 6.62. The van der Waals surface area contributed by atoms with Crippen LogP contribution in [0.15, 0.2) is 42.5 Å². The highest BCUT2D eigenvalue weighted by Gasteiger charge is 2.30. The highest BCUT2D eigenvalue weighted by Crippen LogP contribution is 2.36. The molecule has 4 rings (SSSR count). The van der Waals surface area contributed by atoms with Gasteiger partial charge in [-0.1, -0.05) is 23.7 Å². The van der Waals surface area contributed by atoms with Crippen molar-refractivity contribution in [2.45, 2.75) is 18.9 Å². The molecule has 1 amide bonds. The van der Waals surface area contributed by atoms with Crippen molar-refractivity contribution in [3.8, 4) is 0 Å². The number of nitro benzene ring substituents is 1. The van der Waals surface area contributed by atoms with Crippen molar-refractivity contribution in [1.82, 2.24) is 9.88 Å². The average Bonchev–Trinajstić information content (AvgIpc) is 3.29. The maximum atomic E-state index is 12.5. The molecule has 1 atom stereocenters. The molecule has 3 aromatic rings. The van der Waals surface area contributed by atoms with Gasteiger partial charge in [-0.05, 0) is 43.7 Å². The summed E-state index contributed by atoms with van der Waals surface area (Å²) >= 11 is 7.48. The van der Waals surface area contributed by atoms with Crippen molar-refractivity contribution >= 4 is 50.4 Å². The fourth-order valence-corrected chi connectivity index (χ4v) is 4.77. The number of hydrogen-bond acceptors (Lipinski definition) is 6. The maximum Gasteiger partial charge on any atom is 0.289 e. The van der Waals surface area contributed by atoms with E-state index in [1.54, 1.807) is 17.4 Å². The van der Waals surface area contributed by atoms with E-state index in [-0.39, 0.29) is 29.2 Å². The normalized spacial score (nSPS) is 17.1. The standard InChI is InChI=1S/C19H17ClN4O3S/c20-13-8-7-12(10-16(13)24(26)27)21-18(25)11-23-9-3-5-15(23)19-22-14-4-1-2-6-17(14)28-19/h1-2,4,6-8,10,15H,3,5,9,11H2,(H,21,25)/t15-/m0/s1. The first-order valence-corrected chi connectivity index (χ1v) is 10.0. The molecular formula is C19H17ClN4O3S. The van der Waals surface area contributed by atoms with Crippen LogP contribution in [0.25, 0.3) is 10.2 Å². The van der Waals surface area contributed by atoms with Gasteiger partial charge in [-0.15, -0.1) is 11.3 Å². The van der Waals surface area contributed by atoms with E-state index >= 15 is 0 Å². The number of para-hydroxylation sites is 1. The number of benzene rings is 2. The number of hydrogen-bond donors (Lipinski definition) is 1. The molecule has 0 unspecified atom stereocenters. The first-order chi connectivity index (χ1) is 13.5. The van der Waals surface area contributed by atoms with Gasteiger partial charge in [-0.2, -0.15) is 0 Å². The molecule has 7 nitrogen and oxygen atoms in total. The van der Waals surface area contributed by atoms with Gasteiger partial charge in [0.05, 0.1) is 27.7 Å². The molecule has 0 spiro atoms. The van der Waals surface area contributed by atoms with E-state index in [2.05, 4.69) is 16.3 Å². The van der Waals surface area contributed by atoms with Gasteiger partial charge in [-0.3, -0.25) is 19.8 Å². The summed E-state index contributed by atoms with van der Waals surface area (Å²) in [4.78, 5) is 29.8. The SMILES string of the molecule is O=C(CN1CCC[C@H]1c1nc2ccccc2s1)Nc1ccc(Cl)c([N+](=O)[O-])c1. The Morgan fingerprint density at radius 2 is 2.18 bits per heavy atom. The summed E-state index contributed by atoms with van der Waals surface area (Å²) in [7, 11) is 0. The van der Waals surface area contributed by atoms with E-state index in [0.717, 1.165) is 34.6 Å². The van der Waals surface area contributed by atoms with Crippen LogP contribution in [0.5, 0.6) is 0 Å². The predicted molar refractivity (Wildman–Crippen MR) is 110 cm³/mol. The molecule has 2 aromatic carbocycles. The number of anilines is 1. The van der Waals surface area contributed by atoms with Crippen molar-refractivity contribution in [3.63, 3.8) is 0 Å². The Morgan fingerprint density at radius 1 is 1.36 bits per heavy atom. The molecule has 1 N–H and O–H groups in total. The van der Waals surface area contributed by atoms with E-state index in [1.165, 1.54) is 12.1 Å². The second-order valence-corrected chi connectivity index (χ2v) is 8.09. The van der Waals surface area contributed by atoms with E-state index in [4.69, 9.17) is 16.6 Å². The van der Waals surface area contributed by atoms with Crippen molar-refractivity contribution < 1.29 is 9.72 Å². The summed E-state index contributed by atoms with van der Waals surface area (Å²) in [6, 6.07) is 12.4. The maximum absolute atomic E-state index is 12.5. The number of thiazole rings is 1. The van der Waals surface area contributed by atoms with Gasteiger partial charge >= 0.3 is 0 Å². The van der Waals surface area contributed by atoms with Gasteiger partial charge in [0.1, 0.15) is 10.0 Å². The van der Waals surface area contributed by atoms with Crippen LogP contribution in [0, 0.1) is 10.1 Å². The molecule has 1 aliphatic rings. The third-order valence-electron chi connectivity index (χ3n) is 4.73. The summed E-state index contributed by atoms with van der Waals surface area (Å²) in [5, 5.41) is 14.8. The number of nitro groups is 1. The molecule has 0 radical (unpaired) electrons. The summed E-state index contributed by atoms with van der Waals surface area (Å²) in [5.74, 6) is -0.218. The van der Waals surface area contributed by atoms with Crippen LogP contribution < -0.4 is 5.32 Å². The Hall–Kier alpha value is -2.55. The number of carbonyl (C=O) groups is 1. The molecule has 144 valence electrons. The van der Waals surface area contributed by atoms with E-state index in [1.807, 2.05) is 18.2 Å². The molecule has 28 heavy (non-hydrogen) atoms. The molecular weight excluding hydrogens is 400 g/mol. The lowest BCUT2D eigenvalue weighted by Gasteiger charge is -2.22. The molecule has 0 aliphatic carbocycles. The second kappa shape index (κ2) is 7.83. The highest BCUT2D eigenvalue weighted by molar-refractivity contribution is 7.18. The zero-order valence-corrected chi connectivity index (χ0v) is 16.4. The van der Waals surface area contributed by atoms with Crippen LogP contribution in [-0.4, -0.2) is 33.8 Å². The predicted octanol–water partition coefficient (Wildman–Crippen LogP) is 4.63. The number of carbonyl (C=O) groups excluding carboxylic acids is 1. The summed E-state index contributed by atoms with van der Waals surface area (Å²) in [5.41, 5.74) is 1.11. The van der Waals surface area contributed by atoms with Crippen molar-refractivity contribution in [2.24, 2.45) is 0 Å². The van der Waals surface area contributed by atoms with Crippen LogP contribution in [-0.2, 0) is 4.79 Å². The molecule has 1 aromatic heterocycles. The Labute approximate surface area is 170 Å². The Morgan fingerprint density at radius 3 is 2.96 bits per heavy atom. The quantitative estimate of drug-likeness (QED) is 0.483.